The van der Waals surface area contributed by atoms with E-state index in [2.05, 4.69) is 4.98 Å². The van der Waals surface area contributed by atoms with Crippen molar-refractivity contribution in [1.82, 2.24) is 4.98 Å². The van der Waals surface area contributed by atoms with E-state index in [0.29, 0.717) is 16.6 Å². The molecule has 0 saturated carbocycles. The number of hydrogen-bond donors (Lipinski definition) is 2. The highest BCUT2D eigenvalue weighted by molar-refractivity contribution is 6.19. The number of benzene rings is 5. The van der Waals surface area contributed by atoms with Crippen molar-refractivity contribution in [3.63, 3.8) is 0 Å². The summed E-state index contributed by atoms with van der Waals surface area (Å²) in [4.78, 5) is 3.40. The van der Waals surface area contributed by atoms with Crippen molar-refractivity contribution in [1.29, 1.82) is 0 Å². The molecule has 1 heterocycles. The molecular weight excluding hydrogens is 483 g/mol. The number of aryl methyl sites for hydroxylation is 1. The second-order valence-corrected chi connectivity index (χ2v) is 9.60. The fourth-order valence-electron chi connectivity index (χ4n) is 5.32. The number of phenolic OH excluding ortho intramolecular Hbond substituents is 1. The number of hydrogen-bond acceptors (Lipinski definition) is 1. The zero-order chi connectivity index (χ0) is 26.4. The molecule has 188 valence electrons. The molecular formula is C33H24F3NO. The maximum atomic E-state index is 13.6. The van der Waals surface area contributed by atoms with Crippen LogP contribution in [0.4, 0.5) is 13.2 Å². The Hall–Kier alpha value is -4.51. The Morgan fingerprint density at radius 3 is 2.16 bits per heavy atom. The first-order valence-electron chi connectivity index (χ1n) is 12.4. The molecule has 0 aliphatic rings. The summed E-state index contributed by atoms with van der Waals surface area (Å²) in [6.07, 6.45) is -4.23. The molecule has 2 nitrogen and oxygen atoms in total. The van der Waals surface area contributed by atoms with Gasteiger partial charge in [-0.05, 0) is 53.3 Å². The highest BCUT2D eigenvalue weighted by Crippen LogP contribution is 2.48. The Morgan fingerprint density at radius 1 is 0.737 bits per heavy atom. The number of para-hydroxylation sites is 1. The average molecular weight is 508 g/mol. The van der Waals surface area contributed by atoms with Crippen LogP contribution in [-0.4, -0.2) is 10.1 Å². The summed E-state index contributed by atoms with van der Waals surface area (Å²) < 4.78 is 40.8. The van der Waals surface area contributed by atoms with Gasteiger partial charge in [-0.15, -0.1) is 0 Å². The van der Waals surface area contributed by atoms with Gasteiger partial charge in [-0.1, -0.05) is 96.6 Å². The molecule has 0 aliphatic carbocycles. The van der Waals surface area contributed by atoms with E-state index in [1.54, 1.807) is 6.07 Å². The van der Waals surface area contributed by atoms with Gasteiger partial charge in [-0.25, -0.2) is 0 Å². The molecule has 5 aromatic carbocycles. The summed E-state index contributed by atoms with van der Waals surface area (Å²) in [6, 6.07) is 30.9. The molecule has 0 radical (unpaired) electrons. The second-order valence-electron chi connectivity index (χ2n) is 9.60. The lowest BCUT2D eigenvalue weighted by molar-refractivity contribution is -0.137. The Bertz CT molecular complexity index is 1780. The summed E-state index contributed by atoms with van der Waals surface area (Å²) in [5, 5.41) is 13.5. The Labute approximate surface area is 218 Å². The van der Waals surface area contributed by atoms with Gasteiger partial charge in [-0.3, -0.25) is 0 Å². The summed E-state index contributed by atoms with van der Waals surface area (Å²) in [7, 11) is 0. The van der Waals surface area contributed by atoms with E-state index in [1.165, 1.54) is 12.1 Å². The minimum atomic E-state index is -4.44. The Balaban J connectivity index is 1.75. The SMILES string of the molecule is Cc1ccc(-c2c(Cc3cccc(C(F)(F)F)c3)c(-c3ccccc3)c(O)c3[nH]c4ccccc4c23)cc1. The van der Waals surface area contributed by atoms with E-state index in [-0.39, 0.29) is 12.2 Å². The van der Waals surface area contributed by atoms with Crippen molar-refractivity contribution in [2.45, 2.75) is 19.5 Å². The molecule has 1 aromatic heterocycles. The minimum absolute atomic E-state index is 0.0836. The number of phenols is 1. The van der Waals surface area contributed by atoms with Crippen LogP contribution in [0.1, 0.15) is 22.3 Å². The number of fused-ring (bicyclic) bond motifs is 3. The number of alkyl halides is 3. The van der Waals surface area contributed by atoms with E-state index in [0.717, 1.165) is 50.2 Å². The molecule has 0 spiro atoms. The third-order valence-electron chi connectivity index (χ3n) is 7.07. The lowest BCUT2D eigenvalue weighted by Crippen LogP contribution is -2.06. The molecule has 38 heavy (non-hydrogen) atoms. The van der Waals surface area contributed by atoms with Crippen molar-refractivity contribution >= 4 is 21.8 Å². The predicted octanol–water partition coefficient (Wildman–Crippen LogP) is 9.28. The largest absolute Gasteiger partial charge is 0.505 e. The van der Waals surface area contributed by atoms with Crippen LogP contribution < -0.4 is 0 Å². The van der Waals surface area contributed by atoms with Crippen molar-refractivity contribution in [2.75, 3.05) is 0 Å². The Kier molecular flexibility index (Phi) is 5.72. The first-order chi connectivity index (χ1) is 18.3. The fourth-order valence-corrected chi connectivity index (χ4v) is 5.32. The smallest absolute Gasteiger partial charge is 0.416 e. The summed E-state index contributed by atoms with van der Waals surface area (Å²) in [5.74, 6) is 0.0836. The van der Waals surface area contributed by atoms with E-state index in [4.69, 9.17) is 0 Å². The predicted molar refractivity (Wildman–Crippen MR) is 147 cm³/mol. The third-order valence-corrected chi connectivity index (χ3v) is 7.07. The summed E-state index contributed by atoms with van der Waals surface area (Å²) >= 11 is 0. The quantitative estimate of drug-likeness (QED) is 0.245. The lowest BCUT2D eigenvalue weighted by atomic mass is 9.84. The highest BCUT2D eigenvalue weighted by Gasteiger charge is 2.31. The van der Waals surface area contributed by atoms with Gasteiger partial charge in [0.25, 0.3) is 0 Å². The van der Waals surface area contributed by atoms with E-state index in [1.807, 2.05) is 85.8 Å². The van der Waals surface area contributed by atoms with Crippen LogP contribution in [0, 0.1) is 6.92 Å². The molecule has 5 heteroatoms. The van der Waals surface area contributed by atoms with Gasteiger partial charge < -0.3 is 10.1 Å². The molecule has 0 saturated heterocycles. The first-order valence-corrected chi connectivity index (χ1v) is 12.4. The normalized spacial score (nSPS) is 11.9. The van der Waals surface area contributed by atoms with Crippen molar-refractivity contribution in [3.05, 3.63) is 125 Å². The molecule has 0 bridgehead atoms. The molecule has 6 aromatic rings. The first kappa shape index (κ1) is 23.9. The molecule has 0 amide bonds. The van der Waals surface area contributed by atoms with Crippen LogP contribution >= 0.6 is 0 Å². The number of H-pyrrole nitrogens is 1. The molecule has 0 fully saturated rings. The van der Waals surface area contributed by atoms with Crippen LogP contribution in [0.2, 0.25) is 0 Å². The minimum Gasteiger partial charge on any atom is -0.505 e. The standard InChI is InChI=1S/C33H24F3NO/c1-20-14-16-23(17-15-20)28-26(19-21-8-7-11-24(18-21)33(34,35)36)29(22-9-3-2-4-10-22)32(38)31-30(28)25-12-5-6-13-27(25)37-31/h2-18,37-38H,19H2,1H3. The number of rotatable bonds is 4. The van der Waals surface area contributed by atoms with Gasteiger partial charge in [0.05, 0.1) is 11.1 Å². The number of aromatic nitrogens is 1. The van der Waals surface area contributed by atoms with Crippen LogP contribution in [0.5, 0.6) is 5.75 Å². The molecule has 2 N–H and O–H groups in total. The summed E-state index contributed by atoms with van der Waals surface area (Å²) in [6.45, 7) is 2.01. The zero-order valence-corrected chi connectivity index (χ0v) is 20.6. The van der Waals surface area contributed by atoms with Crippen LogP contribution in [0.3, 0.4) is 0 Å². The van der Waals surface area contributed by atoms with Crippen molar-refractivity contribution in [3.8, 4) is 28.0 Å². The van der Waals surface area contributed by atoms with Crippen LogP contribution in [0.15, 0.2) is 103 Å². The fraction of sp³-hybridized carbons (Fsp3) is 0.0909. The Morgan fingerprint density at radius 2 is 1.42 bits per heavy atom. The van der Waals surface area contributed by atoms with E-state index < -0.39 is 11.7 Å². The molecule has 0 aliphatic heterocycles. The van der Waals surface area contributed by atoms with E-state index >= 15 is 0 Å². The number of halogens is 3. The zero-order valence-electron chi connectivity index (χ0n) is 20.6. The van der Waals surface area contributed by atoms with Crippen LogP contribution in [0.25, 0.3) is 44.1 Å². The van der Waals surface area contributed by atoms with Gasteiger partial charge >= 0.3 is 6.18 Å². The van der Waals surface area contributed by atoms with Gasteiger partial charge in [-0.2, -0.15) is 13.2 Å². The highest BCUT2D eigenvalue weighted by atomic mass is 19.4. The van der Waals surface area contributed by atoms with Gasteiger partial charge in [0.15, 0.2) is 0 Å². The number of aromatic hydroxyl groups is 1. The van der Waals surface area contributed by atoms with Gasteiger partial charge in [0.1, 0.15) is 5.75 Å². The maximum absolute atomic E-state index is 13.6. The third kappa shape index (κ3) is 4.10. The van der Waals surface area contributed by atoms with E-state index in [9.17, 15) is 18.3 Å². The maximum Gasteiger partial charge on any atom is 0.416 e. The van der Waals surface area contributed by atoms with Crippen molar-refractivity contribution < 1.29 is 18.3 Å². The number of aromatic amines is 1. The topological polar surface area (TPSA) is 36.0 Å². The molecule has 6 rings (SSSR count). The van der Waals surface area contributed by atoms with Crippen LogP contribution in [-0.2, 0) is 12.6 Å². The lowest BCUT2D eigenvalue weighted by Gasteiger charge is -2.20. The van der Waals surface area contributed by atoms with Crippen molar-refractivity contribution in [2.24, 2.45) is 0 Å². The van der Waals surface area contributed by atoms with Gasteiger partial charge in [0.2, 0.25) is 0 Å². The average Bonchev–Trinajstić information content (AvgIpc) is 3.30. The second kappa shape index (κ2) is 9.10. The number of nitrogens with one attached hydrogen (secondary N) is 1. The molecule has 0 atom stereocenters. The summed E-state index contributed by atoms with van der Waals surface area (Å²) in [5.41, 5.74) is 6.42. The monoisotopic (exact) mass is 507 g/mol. The van der Waals surface area contributed by atoms with Gasteiger partial charge in [0, 0.05) is 21.9 Å². The molecule has 0 unspecified atom stereocenters.